The van der Waals surface area contributed by atoms with E-state index in [4.69, 9.17) is 11.6 Å². The summed E-state index contributed by atoms with van der Waals surface area (Å²) in [7, 11) is -3.15. The van der Waals surface area contributed by atoms with Gasteiger partial charge in [0.25, 0.3) is 0 Å². The van der Waals surface area contributed by atoms with Crippen LogP contribution in [0.3, 0.4) is 0 Å². The Hall–Kier alpha value is -0.580. The Morgan fingerprint density at radius 2 is 1.88 bits per heavy atom. The molecular formula is C11H16ClNO2S. The zero-order valence-electron chi connectivity index (χ0n) is 9.02. The molecule has 90 valence electrons. The standard InChI is InChI=1S/C11H16ClNO2S/c12-8-4-10-16(14,15)13-9-7-11-5-2-1-3-6-11/h1-3,5-6,13H,4,7-10H2. The maximum absolute atomic E-state index is 11.4. The van der Waals surface area contributed by atoms with Gasteiger partial charge in [-0.15, -0.1) is 11.6 Å². The molecule has 16 heavy (non-hydrogen) atoms. The molecule has 0 heterocycles. The molecule has 1 aromatic carbocycles. The highest BCUT2D eigenvalue weighted by atomic mass is 35.5. The topological polar surface area (TPSA) is 46.2 Å². The van der Waals surface area contributed by atoms with Crippen molar-refractivity contribution in [2.24, 2.45) is 0 Å². The molecule has 1 rings (SSSR count). The van der Waals surface area contributed by atoms with E-state index in [2.05, 4.69) is 4.72 Å². The Balaban J connectivity index is 2.30. The number of hydrogen-bond donors (Lipinski definition) is 1. The first-order valence-electron chi connectivity index (χ1n) is 5.21. The van der Waals surface area contributed by atoms with Gasteiger partial charge in [-0.1, -0.05) is 30.3 Å². The van der Waals surface area contributed by atoms with Gasteiger partial charge in [0.15, 0.2) is 0 Å². The number of benzene rings is 1. The Kier molecular flexibility index (Phi) is 5.80. The SMILES string of the molecule is O=S(=O)(CCCCl)NCCc1ccccc1. The molecule has 1 aromatic rings. The lowest BCUT2D eigenvalue weighted by Crippen LogP contribution is -2.28. The van der Waals surface area contributed by atoms with Crippen LogP contribution in [0.2, 0.25) is 0 Å². The second kappa shape index (κ2) is 6.89. The van der Waals surface area contributed by atoms with Gasteiger partial charge in [0, 0.05) is 12.4 Å². The molecule has 5 heteroatoms. The first kappa shape index (κ1) is 13.5. The van der Waals surface area contributed by atoms with Crippen molar-refractivity contribution >= 4 is 21.6 Å². The number of hydrogen-bond acceptors (Lipinski definition) is 2. The van der Waals surface area contributed by atoms with E-state index in [-0.39, 0.29) is 5.75 Å². The molecule has 0 saturated heterocycles. The molecule has 0 aliphatic heterocycles. The van der Waals surface area contributed by atoms with Gasteiger partial charge in [-0.05, 0) is 18.4 Å². The van der Waals surface area contributed by atoms with E-state index < -0.39 is 10.0 Å². The Morgan fingerprint density at radius 3 is 2.50 bits per heavy atom. The zero-order valence-corrected chi connectivity index (χ0v) is 10.6. The Morgan fingerprint density at radius 1 is 1.19 bits per heavy atom. The minimum absolute atomic E-state index is 0.102. The molecule has 0 fully saturated rings. The van der Waals surface area contributed by atoms with Gasteiger partial charge >= 0.3 is 0 Å². The van der Waals surface area contributed by atoms with Crippen molar-refractivity contribution in [3.8, 4) is 0 Å². The predicted molar refractivity (Wildman–Crippen MR) is 67.3 cm³/mol. The molecule has 1 N–H and O–H groups in total. The largest absolute Gasteiger partial charge is 0.215 e. The van der Waals surface area contributed by atoms with Crippen LogP contribution in [0.15, 0.2) is 30.3 Å². The van der Waals surface area contributed by atoms with Crippen molar-refractivity contribution in [3.05, 3.63) is 35.9 Å². The van der Waals surface area contributed by atoms with Crippen molar-refractivity contribution in [1.82, 2.24) is 4.72 Å². The van der Waals surface area contributed by atoms with Crippen molar-refractivity contribution in [2.75, 3.05) is 18.2 Å². The molecule has 0 aliphatic carbocycles. The fourth-order valence-corrected chi connectivity index (χ4v) is 2.69. The van der Waals surface area contributed by atoms with E-state index in [1.54, 1.807) is 0 Å². The fraction of sp³-hybridized carbons (Fsp3) is 0.455. The maximum atomic E-state index is 11.4. The highest BCUT2D eigenvalue weighted by Gasteiger charge is 2.08. The number of rotatable bonds is 7. The molecule has 0 radical (unpaired) electrons. The lowest BCUT2D eigenvalue weighted by molar-refractivity contribution is 0.580. The zero-order chi connectivity index (χ0) is 11.9. The Labute approximate surface area is 102 Å². The van der Waals surface area contributed by atoms with Crippen LogP contribution in [0.5, 0.6) is 0 Å². The van der Waals surface area contributed by atoms with Crippen LogP contribution in [0.1, 0.15) is 12.0 Å². The van der Waals surface area contributed by atoms with Gasteiger partial charge in [0.05, 0.1) is 5.75 Å². The molecule has 0 amide bonds. The van der Waals surface area contributed by atoms with E-state index in [1.807, 2.05) is 30.3 Å². The third-order valence-electron chi connectivity index (χ3n) is 2.13. The molecule has 0 atom stereocenters. The molecule has 0 unspecified atom stereocenters. The molecule has 0 saturated carbocycles. The van der Waals surface area contributed by atoms with Crippen LogP contribution in [0.25, 0.3) is 0 Å². The summed E-state index contributed by atoms with van der Waals surface area (Å²) in [4.78, 5) is 0. The molecular weight excluding hydrogens is 246 g/mol. The predicted octanol–water partition coefficient (Wildman–Crippen LogP) is 1.78. The van der Waals surface area contributed by atoms with E-state index >= 15 is 0 Å². The summed E-state index contributed by atoms with van der Waals surface area (Å²) in [6.45, 7) is 0.439. The first-order valence-corrected chi connectivity index (χ1v) is 7.40. The molecule has 0 aromatic heterocycles. The van der Waals surface area contributed by atoms with Crippen LogP contribution in [0.4, 0.5) is 0 Å². The van der Waals surface area contributed by atoms with Gasteiger partial charge in [-0.25, -0.2) is 13.1 Å². The summed E-state index contributed by atoms with van der Waals surface area (Å²) >= 11 is 5.45. The summed E-state index contributed by atoms with van der Waals surface area (Å²) in [5, 5.41) is 0. The van der Waals surface area contributed by atoms with E-state index in [9.17, 15) is 8.42 Å². The van der Waals surface area contributed by atoms with Crippen LogP contribution < -0.4 is 4.72 Å². The van der Waals surface area contributed by atoms with Crippen LogP contribution in [-0.4, -0.2) is 26.6 Å². The van der Waals surface area contributed by atoms with Gasteiger partial charge in [0.1, 0.15) is 0 Å². The van der Waals surface area contributed by atoms with Gasteiger partial charge in [-0.2, -0.15) is 0 Å². The van der Waals surface area contributed by atoms with Crippen molar-refractivity contribution < 1.29 is 8.42 Å². The third-order valence-corrected chi connectivity index (χ3v) is 3.86. The summed E-state index contributed by atoms with van der Waals surface area (Å²) in [5.74, 6) is 0.477. The fourth-order valence-electron chi connectivity index (χ4n) is 1.31. The average molecular weight is 262 g/mol. The molecule has 3 nitrogen and oxygen atoms in total. The quantitative estimate of drug-likeness (QED) is 0.761. The number of nitrogens with one attached hydrogen (secondary N) is 1. The number of alkyl halides is 1. The molecule has 0 bridgehead atoms. The van der Waals surface area contributed by atoms with Crippen molar-refractivity contribution in [3.63, 3.8) is 0 Å². The van der Waals surface area contributed by atoms with Crippen LogP contribution in [-0.2, 0) is 16.4 Å². The van der Waals surface area contributed by atoms with Crippen LogP contribution >= 0.6 is 11.6 Å². The lowest BCUT2D eigenvalue weighted by atomic mass is 10.2. The molecule has 0 aliphatic rings. The smallest absolute Gasteiger partial charge is 0.211 e. The lowest BCUT2D eigenvalue weighted by Gasteiger charge is -2.05. The first-order chi connectivity index (χ1) is 7.64. The number of sulfonamides is 1. The summed E-state index contributed by atoms with van der Waals surface area (Å²) in [5.41, 5.74) is 1.13. The summed E-state index contributed by atoms with van der Waals surface area (Å²) < 4.78 is 25.4. The second-order valence-corrected chi connectivity index (χ2v) is 5.80. The van der Waals surface area contributed by atoms with E-state index in [1.165, 1.54) is 0 Å². The highest BCUT2D eigenvalue weighted by molar-refractivity contribution is 7.89. The summed E-state index contributed by atoms with van der Waals surface area (Å²) in [6, 6.07) is 9.78. The Bertz CT molecular complexity index is 392. The number of halogens is 1. The van der Waals surface area contributed by atoms with Gasteiger partial charge in [-0.3, -0.25) is 0 Å². The van der Waals surface area contributed by atoms with E-state index in [0.29, 0.717) is 25.3 Å². The van der Waals surface area contributed by atoms with Gasteiger partial charge < -0.3 is 0 Å². The van der Waals surface area contributed by atoms with Gasteiger partial charge in [0.2, 0.25) is 10.0 Å². The normalized spacial score (nSPS) is 11.6. The van der Waals surface area contributed by atoms with Crippen molar-refractivity contribution in [1.29, 1.82) is 0 Å². The monoisotopic (exact) mass is 261 g/mol. The molecule has 0 spiro atoms. The summed E-state index contributed by atoms with van der Waals surface area (Å²) in [6.07, 6.45) is 1.20. The maximum Gasteiger partial charge on any atom is 0.211 e. The van der Waals surface area contributed by atoms with E-state index in [0.717, 1.165) is 5.56 Å². The van der Waals surface area contributed by atoms with Crippen LogP contribution in [0, 0.1) is 0 Å². The third kappa shape index (κ3) is 5.49. The highest BCUT2D eigenvalue weighted by Crippen LogP contribution is 1.99. The minimum atomic E-state index is -3.15. The minimum Gasteiger partial charge on any atom is -0.215 e. The van der Waals surface area contributed by atoms with Crippen molar-refractivity contribution in [2.45, 2.75) is 12.8 Å². The second-order valence-electron chi connectivity index (χ2n) is 3.49. The average Bonchev–Trinajstić information content (AvgIpc) is 2.28.